The number of anilines is 2. The predicted octanol–water partition coefficient (Wildman–Crippen LogP) is 1.98. The van der Waals surface area contributed by atoms with Crippen LogP contribution in [-0.2, 0) is 6.54 Å². The van der Waals surface area contributed by atoms with Crippen LogP contribution >= 0.6 is 11.3 Å². The van der Waals surface area contributed by atoms with E-state index in [2.05, 4.69) is 31.2 Å². The SMILES string of the molecule is Nc1nc2cc(-c3nc(N)c4sc(CN5CNC5)cc4n3)ccc2o1. The van der Waals surface area contributed by atoms with Gasteiger partial charge in [-0.25, -0.2) is 9.97 Å². The molecule has 0 aliphatic carbocycles. The summed E-state index contributed by atoms with van der Waals surface area (Å²) in [4.78, 5) is 16.8. The molecule has 1 aromatic carbocycles. The molecule has 1 aliphatic heterocycles. The van der Waals surface area contributed by atoms with Crippen LogP contribution < -0.4 is 16.8 Å². The summed E-state index contributed by atoms with van der Waals surface area (Å²) in [5, 5.41) is 3.23. The number of nitrogen functional groups attached to an aromatic ring is 2. The van der Waals surface area contributed by atoms with Gasteiger partial charge in [0.15, 0.2) is 11.4 Å². The zero-order valence-electron chi connectivity index (χ0n) is 13.2. The number of aromatic nitrogens is 3. The zero-order chi connectivity index (χ0) is 17.0. The number of thiophene rings is 1. The summed E-state index contributed by atoms with van der Waals surface area (Å²) in [6, 6.07) is 7.78. The van der Waals surface area contributed by atoms with Crippen LogP contribution in [0, 0.1) is 0 Å². The van der Waals surface area contributed by atoms with Crippen molar-refractivity contribution in [3.05, 3.63) is 29.1 Å². The van der Waals surface area contributed by atoms with E-state index in [4.69, 9.17) is 15.9 Å². The van der Waals surface area contributed by atoms with Crippen molar-refractivity contribution in [1.82, 2.24) is 25.2 Å². The van der Waals surface area contributed by atoms with Gasteiger partial charge in [-0.05, 0) is 24.3 Å². The molecule has 0 bridgehead atoms. The van der Waals surface area contributed by atoms with Gasteiger partial charge in [0.05, 0.1) is 23.6 Å². The topological polar surface area (TPSA) is 119 Å². The van der Waals surface area contributed by atoms with Gasteiger partial charge in [0, 0.05) is 17.0 Å². The molecule has 1 fully saturated rings. The van der Waals surface area contributed by atoms with E-state index in [9.17, 15) is 0 Å². The average Bonchev–Trinajstić information content (AvgIpc) is 3.12. The first-order valence-corrected chi connectivity index (χ1v) is 8.63. The lowest BCUT2D eigenvalue weighted by Crippen LogP contribution is -2.50. The number of benzene rings is 1. The fraction of sp³-hybridized carbons (Fsp3) is 0.188. The van der Waals surface area contributed by atoms with Gasteiger partial charge in [-0.2, -0.15) is 4.98 Å². The minimum atomic E-state index is 0.144. The van der Waals surface area contributed by atoms with E-state index < -0.39 is 0 Å². The summed E-state index contributed by atoms with van der Waals surface area (Å²) in [5.74, 6) is 1.07. The third-order valence-electron chi connectivity index (χ3n) is 4.16. The van der Waals surface area contributed by atoms with Crippen LogP contribution in [0.3, 0.4) is 0 Å². The largest absolute Gasteiger partial charge is 0.424 e. The molecule has 9 heteroatoms. The summed E-state index contributed by atoms with van der Waals surface area (Å²) < 4.78 is 6.23. The van der Waals surface area contributed by atoms with E-state index in [1.165, 1.54) is 4.88 Å². The second-order valence-corrected chi connectivity index (χ2v) is 7.13. The molecule has 25 heavy (non-hydrogen) atoms. The second-order valence-electron chi connectivity index (χ2n) is 5.99. The van der Waals surface area contributed by atoms with Gasteiger partial charge in [-0.3, -0.25) is 10.2 Å². The predicted molar refractivity (Wildman–Crippen MR) is 97.7 cm³/mol. The zero-order valence-corrected chi connectivity index (χ0v) is 14.0. The van der Waals surface area contributed by atoms with Crippen molar-refractivity contribution >= 4 is 44.5 Å². The van der Waals surface area contributed by atoms with Crippen molar-refractivity contribution in [3.8, 4) is 11.4 Å². The summed E-state index contributed by atoms with van der Waals surface area (Å²) in [6.45, 7) is 2.73. The second kappa shape index (κ2) is 5.38. The third-order valence-corrected chi connectivity index (χ3v) is 5.29. The summed E-state index contributed by atoms with van der Waals surface area (Å²) in [5.41, 5.74) is 14.8. The molecule has 5 rings (SSSR count). The Hall–Kier alpha value is -2.75. The van der Waals surface area contributed by atoms with Crippen LogP contribution in [0.25, 0.3) is 32.7 Å². The molecule has 0 radical (unpaired) electrons. The molecule has 4 heterocycles. The summed E-state index contributed by atoms with van der Waals surface area (Å²) >= 11 is 1.65. The molecule has 1 saturated heterocycles. The van der Waals surface area contributed by atoms with Crippen molar-refractivity contribution in [2.45, 2.75) is 6.54 Å². The monoisotopic (exact) mass is 353 g/mol. The highest BCUT2D eigenvalue weighted by Gasteiger charge is 2.17. The first-order chi connectivity index (χ1) is 12.2. The third kappa shape index (κ3) is 2.49. The van der Waals surface area contributed by atoms with Crippen LogP contribution in [0.1, 0.15) is 4.88 Å². The quantitative estimate of drug-likeness (QED) is 0.511. The van der Waals surface area contributed by atoms with Crippen molar-refractivity contribution in [2.75, 3.05) is 24.8 Å². The van der Waals surface area contributed by atoms with Crippen molar-refractivity contribution in [3.63, 3.8) is 0 Å². The highest BCUT2D eigenvalue weighted by Crippen LogP contribution is 2.32. The summed E-state index contributed by atoms with van der Waals surface area (Å²) in [6.07, 6.45) is 0. The molecule has 8 nitrogen and oxygen atoms in total. The molecule has 0 saturated carbocycles. The standard InChI is InChI=1S/C16H15N7OS/c17-14-13-11(4-9(25-13)5-23-6-19-7-23)20-15(22-14)8-1-2-12-10(3-8)21-16(18)24-12/h1-4,19H,5-7H2,(H2,18,21)(H2,17,20,22). The summed E-state index contributed by atoms with van der Waals surface area (Å²) in [7, 11) is 0. The lowest BCUT2D eigenvalue weighted by Gasteiger charge is -2.31. The lowest BCUT2D eigenvalue weighted by molar-refractivity contribution is 0.131. The molecule has 3 aromatic heterocycles. The number of nitrogens with two attached hydrogens (primary N) is 2. The highest BCUT2D eigenvalue weighted by molar-refractivity contribution is 7.19. The van der Waals surface area contributed by atoms with Gasteiger partial charge < -0.3 is 15.9 Å². The molecule has 0 atom stereocenters. The smallest absolute Gasteiger partial charge is 0.292 e. The Bertz CT molecular complexity index is 1100. The highest BCUT2D eigenvalue weighted by atomic mass is 32.1. The Morgan fingerprint density at radius 3 is 2.80 bits per heavy atom. The van der Waals surface area contributed by atoms with Crippen LogP contribution in [0.5, 0.6) is 0 Å². The lowest BCUT2D eigenvalue weighted by atomic mass is 10.2. The van der Waals surface area contributed by atoms with E-state index in [1.807, 2.05) is 18.2 Å². The molecule has 126 valence electrons. The number of hydrogen-bond acceptors (Lipinski definition) is 9. The van der Waals surface area contributed by atoms with Crippen molar-refractivity contribution in [1.29, 1.82) is 0 Å². The number of hydrogen-bond donors (Lipinski definition) is 3. The van der Waals surface area contributed by atoms with E-state index >= 15 is 0 Å². The maximum Gasteiger partial charge on any atom is 0.292 e. The molecular weight excluding hydrogens is 338 g/mol. The van der Waals surface area contributed by atoms with Gasteiger partial charge in [-0.15, -0.1) is 11.3 Å². The normalized spacial score (nSPS) is 15.0. The van der Waals surface area contributed by atoms with E-state index in [0.29, 0.717) is 22.7 Å². The Morgan fingerprint density at radius 1 is 1.12 bits per heavy atom. The van der Waals surface area contributed by atoms with Crippen molar-refractivity contribution < 1.29 is 4.42 Å². The number of fused-ring (bicyclic) bond motifs is 2. The van der Waals surface area contributed by atoms with Crippen LogP contribution in [0.2, 0.25) is 0 Å². The van der Waals surface area contributed by atoms with Crippen LogP contribution in [0.15, 0.2) is 28.7 Å². The number of rotatable bonds is 3. The fourth-order valence-electron chi connectivity index (χ4n) is 2.89. The Morgan fingerprint density at radius 2 is 2.00 bits per heavy atom. The minimum absolute atomic E-state index is 0.144. The van der Waals surface area contributed by atoms with E-state index in [-0.39, 0.29) is 6.01 Å². The molecule has 0 spiro atoms. The number of oxazole rings is 1. The molecule has 0 unspecified atom stereocenters. The number of nitrogens with one attached hydrogen (secondary N) is 1. The maximum atomic E-state index is 6.18. The van der Waals surface area contributed by atoms with Crippen LogP contribution in [0.4, 0.5) is 11.8 Å². The van der Waals surface area contributed by atoms with Gasteiger partial charge in [0.1, 0.15) is 11.3 Å². The molecule has 5 N–H and O–H groups in total. The van der Waals surface area contributed by atoms with E-state index in [0.717, 1.165) is 35.7 Å². The minimum Gasteiger partial charge on any atom is -0.424 e. The fourth-order valence-corrected chi connectivity index (χ4v) is 3.93. The average molecular weight is 353 g/mol. The van der Waals surface area contributed by atoms with Gasteiger partial charge >= 0.3 is 0 Å². The van der Waals surface area contributed by atoms with Gasteiger partial charge in [-0.1, -0.05) is 0 Å². The van der Waals surface area contributed by atoms with Gasteiger partial charge in [0.25, 0.3) is 6.01 Å². The molecule has 1 aliphatic rings. The van der Waals surface area contributed by atoms with Crippen molar-refractivity contribution in [2.24, 2.45) is 0 Å². The Labute approximate surface area is 146 Å². The molecule has 0 amide bonds. The van der Waals surface area contributed by atoms with Crippen LogP contribution in [-0.4, -0.2) is 33.2 Å². The first-order valence-electron chi connectivity index (χ1n) is 7.81. The Kier molecular flexibility index (Phi) is 3.14. The molecule has 4 aromatic rings. The van der Waals surface area contributed by atoms with Gasteiger partial charge in [0.2, 0.25) is 0 Å². The first kappa shape index (κ1) is 14.6. The number of nitrogens with zero attached hydrogens (tertiary/aromatic N) is 4. The Balaban J connectivity index is 1.57. The molecular formula is C16H15N7OS. The maximum absolute atomic E-state index is 6.18. The van der Waals surface area contributed by atoms with E-state index in [1.54, 1.807) is 11.3 Å².